The summed E-state index contributed by atoms with van der Waals surface area (Å²) in [6, 6.07) is 3.86. The number of nitrogens with zero attached hydrogens (tertiary/aromatic N) is 2. The van der Waals surface area contributed by atoms with E-state index in [-0.39, 0.29) is 17.6 Å². The SMILES string of the molecule is CCCC(CCC)Oc1nc(C)c(-c2ccc(OC(F)(F)F)cc2OC)nc1NC. The fraction of sp³-hybridized carbons (Fsp3) is 0.524. The van der Waals surface area contributed by atoms with E-state index in [2.05, 4.69) is 33.9 Å². The molecule has 0 fully saturated rings. The molecule has 0 amide bonds. The first-order valence-electron chi connectivity index (χ1n) is 9.89. The number of hydrogen-bond acceptors (Lipinski definition) is 6. The maximum atomic E-state index is 12.5. The van der Waals surface area contributed by atoms with Crippen LogP contribution in [0.3, 0.4) is 0 Å². The molecule has 0 aliphatic rings. The van der Waals surface area contributed by atoms with E-state index in [0.29, 0.717) is 28.6 Å². The second kappa shape index (κ2) is 10.4. The third-order valence-corrected chi connectivity index (χ3v) is 4.44. The third kappa shape index (κ3) is 6.14. The second-order valence-electron chi connectivity index (χ2n) is 6.79. The van der Waals surface area contributed by atoms with Gasteiger partial charge in [-0.15, -0.1) is 13.2 Å². The number of halogens is 3. The van der Waals surface area contributed by atoms with Crippen molar-refractivity contribution < 1.29 is 27.4 Å². The molecule has 2 aromatic rings. The summed E-state index contributed by atoms with van der Waals surface area (Å²) in [5.74, 6) is 0.677. The first kappa shape index (κ1) is 23.6. The molecule has 0 aliphatic carbocycles. The van der Waals surface area contributed by atoms with E-state index in [1.807, 2.05) is 0 Å². The van der Waals surface area contributed by atoms with E-state index in [1.54, 1.807) is 14.0 Å². The van der Waals surface area contributed by atoms with Crippen molar-refractivity contribution in [2.24, 2.45) is 0 Å². The molecule has 0 saturated heterocycles. The number of ether oxygens (including phenoxy) is 3. The summed E-state index contributed by atoms with van der Waals surface area (Å²) in [7, 11) is 3.08. The normalized spacial score (nSPS) is 11.5. The Labute approximate surface area is 174 Å². The van der Waals surface area contributed by atoms with Crippen LogP contribution in [0.2, 0.25) is 0 Å². The van der Waals surface area contributed by atoms with Crippen LogP contribution in [0.5, 0.6) is 17.4 Å². The Bertz CT molecular complexity index is 838. The first-order chi connectivity index (χ1) is 14.2. The second-order valence-corrected chi connectivity index (χ2v) is 6.79. The number of methoxy groups -OCH3 is 1. The minimum Gasteiger partial charge on any atom is -0.496 e. The Morgan fingerprint density at radius 2 is 1.77 bits per heavy atom. The predicted molar refractivity (Wildman–Crippen MR) is 109 cm³/mol. The smallest absolute Gasteiger partial charge is 0.496 e. The minimum atomic E-state index is -4.78. The number of benzene rings is 1. The number of anilines is 1. The van der Waals surface area contributed by atoms with Crippen molar-refractivity contribution >= 4 is 5.82 Å². The molecule has 9 heteroatoms. The quantitative estimate of drug-likeness (QED) is 0.521. The van der Waals surface area contributed by atoms with Gasteiger partial charge < -0.3 is 19.5 Å². The van der Waals surface area contributed by atoms with Gasteiger partial charge in [-0.05, 0) is 31.9 Å². The van der Waals surface area contributed by atoms with E-state index in [1.165, 1.54) is 25.3 Å². The van der Waals surface area contributed by atoms with Gasteiger partial charge in [0.1, 0.15) is 17.6 Å². The molecular formula is C21H28F3N3O3. The van der Waals surface area contributed by atoms with Gasteiger partial charge in [0.25, 0.3) is 5.88 Å². The van der Waals surface area contributed by atoms with Crippen molar-refractivity contribution in [3.63, 3.8) is 0 Å². The molecule has 0 unspecified atom stereocenters. The summed E-state index contributed by atoms with van der Waals surface area (Å²) in [6.07, 6.45) is -0.933. The van der Waals surface area contributed by atoms with Gasteiger partial charge in [-0.2, -0.15) is 0 Å². The van der Waals surface area contributed by atoms with Crippen LogP contribution in [-0.2, 0) is 0 Å². The molecule has 1 aromatic carbocycles. The lowest BCUT2D eigenvalue weighted by Gasteiger charge is -2.20. The summed E-state index contributed by atoms with van der Waals surface area (Å²) in [5, 5.41) is 2.99. The lowest BCUT2D eigenvalue weighted by molar-refractivity contribution is -0.274. The lowest BCUT2D eigenvalue weighted by Crippen LogP contribution is -2.18. The van der Waals surface area contributed by atoms with Gasteiger partial charge in [-0.1, -0.05) is 26.7 Å². The molecule has 0 bridgehead atoms. The predicted octanol–water partition coefficient (Wildman–Crippen LogP) is 5.75. The van der Waals surface area contributed by atoms with Crippen molar-refractivity contribution in [1.82, 2.24) is 9.97 Å². The minimum absolute atomic E-state index is 0.0417. The summed E-state index contributed by atoms with van der Waals surface area (Å²) in [5.41, 5.74) is 1.54. The average molecular weight is 427 g/mol. The lowest BCUT2D eigenvalue weighted by atomic mass is 10.1. The zero-order valence-electron chi connectivity index (χ0n) is 17.9. The standard InChI is InChI=1S/C21H28F3N3O3/c1-6-8-14(9-7-2)29-20-19(25-4)27-18(13(3)26-20)16-11-10-15(12-17(16)28-5)30-21(22,23)24/h10-12,14H,6-9H2,1-5H3,(H,25,27). The Morgan fingerprint density at radius 1 is 1.10 bits per heavy atom. The highest BCUT2D eigenvalue weighted by Crippen LogP contribution is 2.37. The molecule has 1 aromatic heterocycles. The Balaban J connectivity index is 2.43. The van der Waals surface area contributed by atoms with Crippen LogP contribution >= 0.6 is 0 Å². The zero-order valence-corrected chi connectivity index (χ0v) is 17.9. The zero-order chi connectivity index (χ0) is 22.3. The third-order valence-electron chi connectivity index (χ3n) is 4.44. The summed E-state index contributed by atoms with van der Waals surface area (Å²) >= 11 is 0. The van der Waals surface area contributed by atoms with Gasteiger partial charge in [-0.3, -0.25) is 0 Å². The molecule has 1 heterocycles. The molecule has 0 saturated carbocycles. The number of aryl methyl sites for hydroxylation is 1. The van der Waals surface area contributed by atoms with Crippen LogP contribution in [0.1, 0.15) is 45.2 Å². The highest BCUT2D eigenvalue weighted by Gasteiger charge is 2.31. The first-order valence-corrected chi connectivity index (χ1v) is 9.89. The molecule has 0 radical (unpaired) electrons. The fourth-order valence-corrected chi connectivity index (χ4v) is 3.13. The molecule has 166 valence electrons. The topological polar surface area (TPSA) is 65.5 Å². The van der Waals surface area contributed by atoms with Gasteiger partial charge in [0, 0.05) is 18.7 Å². The van der Waals surface area contributed by atoms with Gasteiger partial charge in [0.05, 0.1) is 18.5 Å². The van der Waals surface area contributed by atoms with E-state index in [9.17, 15) is 13.2 Å². The average Bonchev–Trinajstić information content (AvgIpc) is 2.67. The number of alkyl halides is 3. The molecule has 6 nitrogen and oxygen atoms in total. The summed E-state index contributed by atoms with van der Waals surface area (Å²) in [4.78, 5) is 9.17. The van der Waals surface area contributed by atoms with Crippen LogP contribution in [0.25, 0.3) is 11.3 Å². The highest BCUT2D eigenvalue weighted by molar-refractivity contribution is 5.72. The van der Waals surface area contributed by atoms with Crippen molar-refractivity contribution in [2.45, 2.75) is 58.9 Å². The maximum Gasteiger partial charge on any atom is 0.573 e. The highest BCUT2D eigenvalue weighted by atomic mass is 19.4. The van der Waals surface area contributed by atoms with E-state index in [0.717, 1.165) is 25.7 Å². The molecule has 0 aliphatic heterocycles. The summed E-state index contributed by atoms with van der Waals surface area (Å²) < 4.78 is 52.9. The van der Waals surface area contributed by atoms with Crippen molar-refractivity contribution in [3.8, 4) is 28.6 Å². The van der Waals surface area contributed by atoms with Crippen LogP contribution in [0, 0.1) is 6.92 Å². The largest absolute Gasteiger partial charge is 0.573 e. The van der Waals surface area contributed by atoms with E-state index >= 15 is 0 Å². The van der Waals surface area contributed by atoms with E-state index in [4.69, 9.17) is 9.47 Å². The fourth-order valence-electron chi connectivity index (χ4n) is 3.13. The molecule has 2 rings (SSSR count). The maximum absolute atomic E-state index is 12.5. The van der Waals surface area contributed by atoms with E-state index < -0.39 is 6.36 Å². The molecule has 0 spiro atoms. The van der Waals surface area contributed by atoms with Gasteiger partial charge in [0.2, 0.25) is 0 Å². The number of nitrogens with one attached hydrogen (secondary N) is 1. The Hall–Kier alpha value is -2.71. The van der Waals surface area contributed by atoms with Crippen molar-refractivity contribution in [1.29, 1.82) is 0 Å². The van der Waals surface area contributed by atoms with Crippen molar-refractivity contribution in [3.05, 3.63) is 23.9 Å². The van der Waals surface area contributed by atoms with Crippen molar-refractivity contribution in [2.75, 3.05) is 19.5 Å². The van der Waals surface area contributed by atoms with Crippen LogP contribution in [-0.4, -0.2) is 36.6 Å². The number of hydrogen-bond donors (Lipinski definition) is 1. The molecule has 1 N–H and O–H groups in total. The number of rotatable bonds is 10. The summed E-state index contributed by atoms with van der Waals surface area (Å²) in [6.45, 7) is 5.97. The van der Waals surface area contributed by atoms with Crippen LogP contribution in [0.4, 0.5) is 19.0 Å². The molecule has 30 heavy (non-hydrogen) atoms. The molecule has 0 atom stereocenters. The van der Waals surface area contributed by atoms with Gasteiger partial charge in [-0.25, -0.2) is 9.97 Å². The van der Waals surface area contributed by atoms with Gasteiger partial charge >= 0.3 is 6.36 Å². The van der Waals surface area contributed by atoms with Crippen LogP contribution < -0.4 is 19.5 Å². The van der Waals surface area contributed by atoms with Crippen LogP contribution in [0.15, 0.2) is 18.2 Å². The Kier molecular flexibility index (Phi) is 8.14. The van der Waals surface area contributed by atoms with Gasteiger partial charge in [0.15, 0.2) is 5.82 Å². The molecular weight excluding hydrogens is 399 g/mol. The number of aromatic nitrogens is 2. The Morgan fingerprint density at radius 3 is 2.30 bits per heavy atom. The monoisotopic (exact) mass is 427 g/mol.